The van der Waals surface area contributed by atoms with E-state index in [-0.39, 0.29) is 0 Å². The maximum Gasteiger partial charge on any atom is 0.0441 e. The monoisotopic (exact) mass is 313 g/mol. The minimum Gasteiger partial charge on any atom is -0.262 e. The minimum absolute atomic E-state index is 0.843. The molecule has 0 saturated carbocycles. The van der Waals surface area contributed by atoms with Gasteiger partial charge in [0.1, 0.15) is 0 Å². The Morgan fingerprint density at radius 3 is 2.71 bits per heavy atom. The fraction of sp³-hybridized carbons (Fsp3) is 0.167. The third kappa shape index (κ3) is 3.34. The van der Waals surface area contributed by atoms with Gasteiger partial charge in [-0.2, -0.15) is 0 Å². The second-order valence-electron chi connectivity index (χ2n) is 5.22. The molecule has 0 bridgehead atoms. The van der Waals surface area contributed by atoms with Crippen molar-refractivity contribution in [2.45, 2.75) is 20.3 Å². The molecular weight excluding hydrogens is 298 g/mol. The molecule has 1 nitrogen and oxygen atoms in total. The highest BCUT2D eigenvalue weighted by Crippen LogP contribution is 2.31. The number of hydrogen-bond acceptors (Lipinski definition) is 2. The smallest absolute Gasteiger partial charge is 0.0441 e. The molecular formula is C18H16ClNS. The molecule has 1 aromatic carbocycles. The summed E-state index contributed by atoms with van der Waals surface area (Å²) in [7, 11) is 0. The van der Waals surface area contributed by atoms with Gasteiger partial charge in [-0.3, -0.25) is 4.98 Å². The van der Waals surface area contributed by atoms with Crippen LogP contribution in [0.2, 0.25) is 5.02 Å². The maximum atomic E-state index is 6.29. The normalized spacial score (nSPS) is 10.8. The van der Waals surface area contributed by atoms with Gasteiger partial charge in [0, 0.05) is 33.1 Å². The summed E-state index contributed by atoms with van der Waals surface area (Å²) in [4.78, 5) is 6.85. The van der Waals surface area contributed by atoms with Gasteiger partial charge >= 0.3 is 0 Å². The van der Waals surface area contributed by atoms with E-state index in [4.69, 9.17) is 11.6 Å². The fourth-order valence-corrected chi connectivity index (χ4v) is 3.57. The first-order chi connectivity index (χ1) is 10.1. The lowest BCUT2D eigenvalue weighted by atomic mass is 10.1. The molecule has 0 radical (unpaired) electrons. The van der Waals surface area contributed by atoms with E-state index in [2.05, 4.69) is 42.2 Å². The predicted molar refractivity (Wildman–Crippen MR) is 91.3 cm³/mol. The van der Waals surface area contributed by atoms with E-state index in [1.54, 1.807) is 0 Å². The lowest BCUT2D eigenvalue weighted by Gasteiger charge is -2.04. The molecule has 0 fully saturated rings. The van der Waals surface area contributed by atoms with Crippen LogP contribution in [-0.4, -0.2) is 4.98 Å². The van der Waals surface area contributed by atoms with Crippen LogP contribution < -0.4 is 0 Å². The van der Waals surface area contributed by atoms with Gasteiger partial charge in [-0.25, -0.2) is 0 Å². The molecule has 0 atom stereocenters. The van der Waals surface area contributed by atoms with Gasteiger partial charge in [0.05, 0.1) is 0 Å². The summed E-state index contributed by atoms with van der Waals surface area (Å²) in [6, 6.07) is 14.7. The van der Waals surface area contributed by atoms with Gasteiger partial charge in [-0.05, 0) is 55.3 Å². The van der Waals surface area contributed by atoms with Crippen LogP contribution in [-0.2, 0) is 6.42 Å². The maximum absolute atomic E-state index is 6.29. The Hall–Kier alpha value is -1.64. The third-order valence-electron chi connectivity index (χ3n) is 3.41. The number of halogens is 1. The molecule has 3 heteroatoms. The van der Waals surface area contributed by atoms with E-state index in [9.17, 15) is 0 Å². The molecule has 106 valence electrons. The molecule has 3 aromatic rings. The van der Waals surface area contributed by atoms with E-state index in [0.29, 0.717) is 0 Å². The second-order valence-corrected chi connectivity index (χ2v) is 6.80. The average Bonchev–Trinajstić information content (AvgIpc) is 2.91. The SMILES string of the molecule is Cc1ccc(Cl)c(Cc2ccc(-c3ccnc(C)c3)s2)c1. The van der Waals surface area contributed by atoms with Gasteiger partial charge in [0.2, 0.25) is 0 Å². The lowest BCUT2D eigenvalue weighted by Crippen LogP contribution is -1.87. The Morgan fingerprint density at radius 2 is 1.90 bits per heavy atom. The van der Waals surface area contributed by atoms with Crippen molar-refractivity contribution in [1.29, 1.82) is 0 Å². The highest BCUT2D eigenvalue weighted by Gasteiger charge is 2.07. The second kappa shape index (κ2) is 6.00. The lowest BCUT2D eigenvalue weighted by molar-refractivity contribution is 1.20. The molecule has 21 heavy (non-hydrogen) atoms. The zero-order chi connectivity index (χ0) is 14.8. The van der Waals surface area contributed by atoms with Crippen molar-refractivity contribution in [3.05, 3.63) is 75.4 Å². The Bertz CT molecular complexity index is 776. The number of benzene rings is 1. The van der Waals surface area contributed by atoms with E-state index >= 15 is 0 Å². The van der Waals surface area contributed by atoms with Crippen LogP contribution in [0.1, 0.15) is 21.7 Å². The summed E-state index contributed by atoms with van der Waals surface area (Å²) in [6.45, 7) is 4.12. The van der Waals surface area contributed by atoms with Crippen LogP contribution in [0.3, 0.4) is 0 Å². The van der Waals surface area contributed by atoms with Crippen molar-refractivity contribution >= 4 is 22.9 Å². The zero-order valence-corrected chi connectivity index (χ0v) is 13.6. The third-order valence-corrected chi connectivity index (χ3v) is 4.91. The summed E-state index contributed by atoms with van der Waals surface area (Å²) in [5, 5.41) is 0.843. The number of pyridine rings is 1. The Balaban J connectivity index is 1.87. The first-order valence-corrected chi connectivity index (χ1v) is 8.08. The van der Waals surface area contributed by atoms with Crippen molar-refractivity contribution in [1.82, 2.24) is 4.98 Å². The molecule has 0 unspecified atom stereocenters. The van der Waals surface area contributed by atoms with Crippen LogP contribution >= 0.6 is 22.9 Å². The number of aryl methyl sites for hydroxylation is 2. The van der Waals surface area contributed by atoms with Gasteiger partial charge in [-0.15, -0.1) is 11.3 Å². The van der Waals surface area contributed by atoms with Gasteiger partial charge in [-0.1, -0.05) is 29.3 Å². The molecule has 0 spiro atoms. The molecule has 2 aromatic heterocycles. The molecule has 0 aliphatic rings. The highest BCUT2D eigenvalue weighted by atomic mass is 35.5. The molecule has 3 rings (SSSR count). The molecule has 0 saturated heterocycles. The van der Waals surface area contributed by atoms with E-state index < -0.39 is 0 Å². The van der Waals surface area contributed by atoms with Crippen LogP contribution in [0.25, 0.3) is 10.4 Å². The standard InChI is InChI=1S/C18H16ClNS/c1-12-3-5-17(19)15(9-12)11-16-4-6-18(21-16)14-7-8-20-13(2)10-14/h3-10H,11H2,1-2H3. The fourth-order valence-electron chi connectivity index (χ4n) is 2.35. The Morgan fingerprint density at radius 1 is 1.05 bits per heavy atom. The topological polar surface area (TPSA) is 12.9 Å². The molecule has 0 amide bonds. The molecule has 0 aliphatic heterocycles. The predicted octanol–water partition coefficient (Wildman–Crippen LogP) is 5.67. The Labute approximate surface area is 134 Å². The first kappa shape index (κ1) is 14.3. The van der Waals surface area contributed by atoms with E-state index in [1.165, 1.54) is 26.4 Å². The highest BCUT2D eigenvalue weighted by molar-refractivity contribution is 7.15. The van der Waals surface area contributed by atoms with Crippen LogP contribution in [0, 0.1) is 13.8 Å². The number of nitrogens with zero attached hydrogens (tertiary/aromatic N) is 1. The number of aromatic nitrogens is 1. The average molecular weight is 314 g/mol. The molecule has 0 N–H and O–H groups in total. The molecule has 0 aliphatic carbocycles. The van der Waals surface area contributed by atoms with E-state index in [1.807, 2.05) is 36.6 Å². The van der Waals surface area contributed by atoms with Gasteiger partial charge in [0.25, 0.3) is 0 Å². The van der Waals surface area contributed by atoms with Crippen LogP contribution in [0.4, 0.5) is 0 Å². The van der Waals surface area contributed by atoms with Crippen molar-refractivity contribution in [2.75, 3.05) is 0 Å². The Kier molecular flexibility index (Phi) is 4.09. The zero-order valence-electron chi connectivity index (χ0n) is 12.1. The number of hydrogen-bond donors (Lipinski definition) is 0. The quantitative estimate of drug-likeness (QED) is 0.607. The molecule has 2 heterocycles. The summed E-state index contributed by atoms with van der Waals surface area (Å²) in [6.07, 6.45) is 2.75. The van der Waals surface area contributed by atoms with Gasteiger partial charge < -0.3 is 0 Å². The first-order valence-electron chi connectivity index (χ1n) is 6.88. The van der Waals surface area contributed by atoms with Crippen LogP contribution in [0.5, 0.6) is 0 Å². The van der Waals surface area contributed by atoms with E-state index in [0.717, 1.165) is 17.1 Å². The number of thiophene rings is 1. The summed E-state index contributed by atoms with van der Waals surface area (Å²) in [5.74, 6) is 0. The van der Waals surface area contributed by atoms with Gasteiger partial charge in [0.15, 0.2) is 0 Å². The minimum atomic E-state index is 0.843. The van der Waals surface area contributed by atoms with Crippen LogP contribution in [0.15, 0.2) is 48.7 Å². The largest absolute Gasteiger partial charge is 0.262 e. The summed E-state index contributed by atoms with van der Waals surface area (Å²) < 4.78 is 0. The van der Waals surface area contributed by atoms with Crippen molar-refractivity contribution in [3.63, 3.8) is 0 Å². The summed E-state index contributed by atoms with van der Waals surface area (Å²) in [5.41, 5.74) is 4.71. The van der Waals surface area contributed by atoms with Crippen molar-refractivity contribution in [2.24, 2.45) is 0 Å². The summed E-state index contributed by atoms with van der Waals surface area (Å²) >= 11 is 8.10. The number of rotatable bonds is 3. The van der Waals surface area contributed by atoms with Crippen molar-refractivity contribution in [3.8, 4) is 10.4 Å². The van der Waals surface area contributed by atoms with Crippen molar-refractivity contribution < 1.29 is 0 Å².